The van der Waals surface area contributed by atoms with Crippen LogP contribution in [0.25, 0.3) is 0 Å². The second kappa shape index (κ2) is 5.17. The van der Waals surface area contributed by atoms with Gasteiger partial charge in [-0.3, -0.25) is 4.79 Å². The van der Waals surface area contributed by atoms with Gasteiger partial charge in [-0.2, -0.15) is 0 Å². The molecule has 0 spiro atoms. The highest BCUT2D eigenvalue weighted by atomic mass is 16.6. The van der Waals surface area contributed by atoms with Gasteiger partial charge in [-0.25, -0.2) is 0 Å². The Morgan fingerprint density at radius 3 is 2.38 bits per heavy atom. The summed E-state index contributed by atoms with van der Waals surface area (Å²) < 4.78 is 5.35. The van der Waals surface area contributed by atoms with E-state index in [0.29, 0.717) is 24.3 Å². The lowest BCUT2D eigenvalue weighted by Gasteiger charge is -2.38. The zero-order valence-electron chi connectivity index (χ0n) is 11.0. The molecule has 0 heterocycles. The lowest BCUT2D eigenvalue weighted by molar-refractivity contribution is -0.156. The van der Waals surface area contributed by atoms with Crippen LogP contribution in [0.5, 0.6) is 0 Å². The molecule has 0 aromatic rings. The van der Waals surface area contributed by atoms with Crippen molar-refractivity contribution >= 4 is 5.97 Å². The first-order chi connectivity index (χ1) is 7.31. The molecule has 0 aromatic carbocycles. The van der Waals surface area contributed by atoms with Crippen LogP contribution in [-0.4, -0.2) is 17.6 Å². The van der Waals surface area contributed by atoms with E-state index >= 15 is 0 Å². The van der Waals surface area contributed by atoms with Crippen molar-refractivity contribution in [3.63, 3.8) is 0 Å². The third-order valence-corrected chi connectivity index (χ3v) is 3.25. The normalized spacial score (nSPS) is 27.1. The van der Waals surface area contributed by atoms with Crippen LogP contribution in [0.15, 0.2) is 0 Å². The Morgan fingerprint density at radius 2 is 2.00 bits per heavy atom. The molecule has 0 aromatic heterocycles. The standard InChI is InChI=1S/C13H25NO2/c1-5-9(10-6-11(14)7-10)8-12(15)16-13(2,3)4/h9-11H,5-8,14H2,1-4H3. The predicted octanol–water partition coefficient (Wildman–Crippen LogP) is 2.48. The number of hydrogen-bond donors (Lipinski definition) is 1. The first-order valence-electron chi connectivity index (χ1n) is 6.29. The third kappa shape index (κ3) is 4.12. The van der Waals surface area contributed by atoms with Crippen molar-refractivity contribution in [1.29, 1.82) is 0 Å². The molecule has 0 saturated heterocycles. The van der Waals surface area contributed by atoms with Crippen LogP contribution in [0.4, 0.5) is 0 Å². The van der Waals surface area contributed by atoms with E-state index < -0.39 is 0 Å². The minimum atomic E-state index is -0.370. The first-order valence-corrected chi connectivity index (χ1v) is 6.29. The Morgan fingerprint density at radius 1 is 1.44 bits per heavy atom. The van der Waals surface area contributed by atoms with Gasteiger partial charge in [0.05, 0.1) is 0 Å². The van der Waals surface area contributed by atoms with Gasteiger partial charge in [-0.05, 0) is 45.4 Å². The molecule has 94 valence electrons. The van der Waals surface area contributed by atoms with Gasteiger partial charge in [0, 0.05) is 12.5 Å². The summed E-state index contributed by atoms with van der Waals surface area (Å²) in [6, 6.07) is 0.359. The van der Waals surface area contributed by atoms with E-state index in [9.17, 15) is 4.79 Å². The largest absolute Gasteiger partial charge is 0.460 e. The second-order valence-corrected chi connectivity index (χ2v) is 5.95. The molecule has 0 radical (unpaired) electrons. The van der Waals surface area contributed by atoms with Crippen molar-refractivity contribution in [2.45, 2.75) is 65.0 Å². The number of nitrogens with two attached hydrogens (primary N) is 1. The maximum absolute atomic E-state index is 11.7. The van der Waals surface area contributed by atoms with Crippen LogP contribution in [0.2, 0.25) is 0 Å². The number of rotatable bonds is 4. The van der Waals surface area contributed by atoms with E-state index in [0.717, 1.165) is 19.3 Å². The maximum Gasteiger partial charge on any atom is 0.306 e. The van der Waals surface area contributed by atoms with Crippen molar-refractivity contribution in [1.82, 2.24) is 0 Å². The molecule has 3 heteroatoms. The molecule has 1 aliphatic rings. The average Bonchev–Trinajstić information content (AvgIpc) is 2.06. The molecule has 3 nitrogen and oxygen atoms in total. The number of carbonyl (C=O) groups excluding carboxylic acids is 1. The first kappa shape index (κ1) is 13.5. The van der Waals surface area contributed by atoms with Crippen LogP contribution in [0.3, 0.4) is 0 Å². The quantitative estimate of drug-likeness (QED) is 0.751. The van der Waals surface area contributed by atoms with Crippen molar-refractivity contribution < 1.29 is 9.53 Å². The third-order valence-electron chi connectivity index (χ3n) is 3.25. The van der Waals surface area contributed by atoms with E-state index in [1.165, 1.54) is 0 Å². The second-order valence-electron chi connectivity index (χ2n) is 5.95. The van der Waals surface area contributed by atoms with Gasteiger partial charge in [0.25, 0.3) is 0 Å². The minimum Gasteiger partial charge on any atom is -0.460 e. The monoisotopic (exact) mass is 227 g/mol. The van der Waals surface area contributed by atoms with Crippen LogP contribution in [0, 0.1) is 11.8 Å². The minimum absolute atomic E-state index is 0.0696. The number of esters is 1. The predicted molar refractivity (Wildman–Crippen MR) is 64.9 cm³/mol. The maximum atomic E-state index is 11.7. The van der Waals surface area contributed by atoms with E-state index in [1.54, 1.807) is 0 Å². The summed E-state index contributed by atoms with van der Waals surface area (Å²) in [6.45, 7) is 7.86. The van der Waals surface area contributed by atoms with Crippen molar-refractivity contribution in [3.8, 4) is 0 Å². The average molecular weight is 227 g/mol. The topological polar surface area (TPSA) is 52.3 Å². The molecule has 1 aliphatic carbocycles. The molecule has 0 bridgehead atoms. The smallest absolute Gasteiger partial charge is 0.306 e. The summed E-state index contributed by atoms with van der Waals surface area (Å²) in [7, 11) is 0. The van der Waals surface area contributed by atoms with Gasteiger partial charge in [0.1, 0.15) is 5.60 Å². The van der Waals surface area contributed by atoms with Gasteiger partial charge < -0.3 is 10.5 Å². The molecule has 0 amide bonds. The van der Waals surface area contributed by atoms with Crippen LogP contribution in [0.1, 0.15) is 53.4 Å². The molecule has 1 saturated carbocycles. The van der Waals surface area contributed by atoms with Gasteiger partial charge in [-0.15, -0.1) is 0 Å². The van der Waals surface area contributed by atoms with Crippen LogP contribution >= 0.6 is 0 Å². The fraction of sp³-hybridized carbons (Fsp3) is 0.923. The lowest BCUT2D eigenvalue weighted by atomic mass is 9.71. The van der Waals surface area contributed by atoms with Crippen molar-refractivity contribution in [2.24, 2.45) is 17.6 Å². The van der Waals surface area contributed by atoms with E-state index in [2.05, 4.69) is 6.92 Å². The number of ether oxygens (including phenoxy) is 1. The van der Waals surface area contributed by atoms with Crippen LogP contribution < -0.4 is 5.73 Å². The molecule has 1 rings (SSSR count). The summed E-state index contributed by atoms with van der Waals surface area (Å²) in [4.78, 5) is 11.7. The molecule has 1 atom stereocenters. The summed E-state index contributed by atoms with van der Waals surface area (Å²) in [5.41, 5.74) is 5.41. The van der Waals surface area contributed by atoms with E-state index in [-0.39, 0.29) is 11.6 Å². The number of carbonyl (C=O) groups is 1. The zero-order chi connectivity index (χ0) is 12.3. The highest BCUT2D eigenvalue weighted by molar-refractivity contribution is 5.70. The Kier molecular flexibility index (Phi) is 4.36. The molecule has 1 fully saturated rings. The molecule has 0 aliphatic heterocycles. The highest BCUT2D eigenvalue weighted by Crippen LogP contribution is 2.36. The molecule has 16 heavy (non-hydrogen) atoms. The van der Waals surface area contributed by atoms with Gasteiger partial charge in [0.15, 0.2) is 0 Å². The molecular formula is C13H25NO2. The Balaban J connectivity index is 2.36. The number of hydrogen-bond acceptors (Lipinski definition) is 3. The Bertz CT molecular complexity index is 239. The van der Waals surface area contributed by atoms with Gasteiger partial charge >= 0.3 is 5.97 Å². The molecule has 2 N–H and O–H groups in total. The summed E-state index contributed by atoms with van der Waals surface area (Å²) in [6.07, 6.45) is 3.73. The van der Waals surface area contributed by atoms with E-state index in [1.807, 2.05) is 20.8 Å². The molecule has 1 unspecified atom stereocenters. The molecular weight excluding hydrogens is 202 g/mol. The summed E-state index contributed by atoms with van der Waals surface area (Å²) >= 11 is 0. The van der Waals surface area contributed by atoms with Crippen molar-refractivity contribution in [3.05, 3.63) is 0 Å². The van der Waals surface area contributed by atoms with Crippen LogP contribution in [-0.2, 0) is 9.53 Å². The van der Waals surface area contributed by atoms with Crippen molar-refractivity contribution in [2.75, 3.05) is 0 Å². The lowest BCUT2D eigenvalue weighted by Crippen LogP contribution is -2.40. The zero-order valence-corrected chi connectivity index (χ0v) is 11.0. The van der Waals surface area contributed by atoms with E-state index in [4.69, 9.17) is 10.5 Å². The summed E-state index contributed by atoms with van der Waals surface area (Å²) in [5, 5.41) is 0. The Hall–Kier alpha value is -0.570. The van der Waals surface area contributed by atoms with Gasteiger partial charge in [-0.1, -0.05) is 13.3 Å². The van der Waals surface area contributed by atoms with Gasteiger partial charge in [0.2, 0.25) is 0 Å². The fourth-order valence-corrected chi connectivity index (χ4v) is 2.34. The highest BCUT2D eigenvalue weighted by Gasteiger charge is 2.33. The Labute approximate surface area is 98.7 Å². The SMILES string of the molecule is CCC(CC(=O)OC(C)(C)C)C1CC(N)C1. The summed E-state index contributed by atoms with van der Waals surface area (Å²) in [5.74, 6) is 1.02. The fourth-order valence-electron chi connectivity index (χ4n) is 2.34.